The van der Waals surface area contributed by atoms with Crippen molar-refractivity contribution < 1.29 is 9.18 Å². The molecule has 5 heteroatoms. The first-order valence-electron chi connectivity index (χ1n) is 6.62. The average Bonchev–Trinajstić information content (AvgIpc) is 2.43. The minimum absolute atomic E-state index is 0.105. The summed E-state index contributed by atoms with van der Waals surface area (Å²) in [5, 5.41) is 2.53. The zero-order chi connectivity index (χ0) is 15.2. The van der Waals surface area contributed by atoms with Crippen LogP contribution in [-0.4, -0.2) is 24.4 Å². The third-order valence-electron chi connectivity index (χ3n) is 2.97. The molecule has 2 aromatic carbocycles. The molecule has 3 N–H and O–H groups in total. The Kier molecular flexibility index (Phi) is 4.90. The van der Waals surface area contributed by atoms with Gasteiger partial charge in [0.15, 0.2) is 0 Å². The van der Waals surface area contributed by atoms with E-state index in [0.717, 1.165) is 5.56 Å². The number of nitrogens with one attached hydrogen (secondary N) is 1. The highest BCUT2D eigenvalue weighted by atomic mass is 19.1. The van der Waals surface area contributed by atoms with Crippen LogP contribution in [0.5, 0.6) is 0 Å². The van der Waals surface area contributed by atoms with E-state index in [9.17, 15) is 9.18 Å². The van der Waals surface area contributed by atoms with E-state index >= 15 is 0 Å². The molecule has 1 amide bonds. The molecule has 0 aliphatic carbocycles. The number of carbonyl (C=O) groups excluding carboxylic acids is 1. The first-order chi connectivity index (χ1) is 10.0. The van der Waals surface area contributed by atoms with Crippen LogP contribution in [0.25, 0.3) is 0 Å². The van der Waals surface area contributed by atoms with Gasteiger partial charge in [0.05, 0.1) is 12.2 Å². The fourth-order valence-corrected chi connectivity index (χ4v) is 2.02. The molecule has 0 saturated heterocycles. The number of nitrogens with two attached hydrogens (primary N) is 1. The summed E-state index contributed by atoms with van der Waals surface area (Å²) in [7, 11) is 1.84. The van der Waals surface area contributed by atoms with Crippen molar-refractivity contribution in [3.05, 3.63) is 59.9 Å². The SMILES string of the molecule is CN(CC(=O)Nc1cc(N)ccc1F)Cc1ccccc1. The van der Waals surface area contributed by atoms with Crippen molar-refractivity contribution in [1.82, 2.24) is 4.90 Å². The van der Waals surface area contributed by atoms with E-state index in [1.807, 2.05) is 42.3 Å². The van der Waals surface area contributed by atoms with Crippen molar-refractivity contribution in [2.24, 2.45) is 0 Å². The van der Waals surface area contributed by atoms with Crippen LogP contribution in [0.15, 0.2) is 48.5 Å². The fourth-order valence-electron chi connectivity index (χ4n) is 2.02. The normalized spacial score (nSPS) is 10.6. The van der Waals surface area contributed by atoms with Crippen LogP contribution >= 0.6 is 0 Å². The minimum atomic E-state index is -0.497. The molecule has 0 radical (unpaired) electrons. The molecule has 4 nitrogen and oxygen atoms in total. The number of nitrogens with zero attached hydrogens (tertiary/aromatic N) is 1. The molecule has 0 bridgehead atoms. The Morgan fingerprint density at radius 1 is 1.24 bits per heavy atom. The molecular weight excluding hydrogens is 269 g/mol. The second-order valence-corrected chi connectivity index (χ2v) is 4.95. The van der Waals surface area contributed by atoms with Crippen LogP contribution in [0, 0.1) is 5.82 Å². The van der Waals surface area contributed by atoms with Gasteiger partial charge in [0.25, 0.3) is 0 Å². The van der Waals surface area contributed by atoms with Gasteiger partial charge in [0.1, 0.15) is 5.82 Å². The van der Waals surface area contributed by atoms with Gasteiger partial charge in [0.2, 0.25) is 5.91 Å². The number of benzene rings is 2. The van der Waals surface area contributed by atoms with E-state index in [0.29, 0.717) is 12.2 Å². The number of rotatable bonds is 5. The summed E-state index contributed by atoms with van der Waals surface area (Å²) in [6.07, 6.45) is 0. The number of carbonyl (C=O) groups is 1. The molecule has 110 valence electrons. The highest BCUT2D eigenvalue weighted by molar-refractivity contribution is 5.92. The number of likely N-dealkylation sites (N-methyl/N-ethyl adjacent to an activating group) is 1. The minimum Gasteiger partial charge on any atom is -0.399 e. The van der Waals surface area contributed by atoms with Gasteiger partial charge in [-0.05, 0) is 30.8 Å². The van der Waals surface area contributed by atoms with E-state index in [1.54, 1.807) is 0 Å². The first kappa shape index (κ1) is 15.0. The molecule has 2 rings (SSSR count). The smallest absolute Gasteiger partial charge is 0.238 e. The van der Waals surface area contributed by atoms with Crippen LogP contribution in [0.4, 0.5) is 15.8 Å². The lowest BCUT2D eigenvalue weighted by molar-refractivity contribution is -0.117. The Morgan fingerprint density at radius 3 is 2.67 bits per heavy atom. The maximum Gasteiger partial charge on any atom is 0.238 e. The lowest BCUT2D eigenvalue weighted by atomic mass is 10.2. The van der Waals surface area contributed by atoms with E-state index in [1.165, 1.54) is 18.2 Å². The molecule has 0 unspecified atom stereocenters. The lowest BCUT2D eigenvalue weighted by Gasteiger charge is -2.16. The fraction of sp³-hybridized carbons (Fsp3) is 0.188. The van der Waals surface area contributed by atoms with Gasteiger partial charge in [-0.15, -0.1) is 0 Å². The molecule has 0 aliphatic heterocycles. The molecule has 0 fully saturated rings. The van der Waals surface area contributed by atoms with Crippen molar-refractivity contribution in [3.63, 3.8) is 0 Å². The van der Waals surface area contributed by atoms with Gasteiger partial charge < -0.3 is 11.1 Å². The maximum absolute atomic E-state index is 13.5. The van der Waals surface area contributed by atoms with Crippen LogP contribution in [-0.2, 0) is 11.3 Å². The number of amides is 1. The molecule has 21 heavy (non-hydrogen) atoms. The van der Waals surface area contributed by atoms with Crippen LogP contribution in [0.3, 0.4) is 0 Å². The van der Waals surface area contributed by atoms with Crippen LogP contribution in [0.1, 0.15) is 5.56 Å². The Hall–Kier alpha value is -2.40. The van der Waals surface area contributed by atoms with Gasteiger partial charge in [-0.3, -0.25) is 9.69 Å². The summed E-state index contributed by atoms with van der Waals surface area (Å²) in [4.78, 5) is 13.8. The molecule has 0 heterocycles. The van der Waals surface area contributed by atoms with E-state index in [2.05, 4.69) is 5.32 Å². The second-order valence-electron chi connectivity index (χ2n) is 4.95. The topological polar surface area (TPSA) is 58.4 Å². The van der Waals surface area contributed by atoms with Crippen molar-refractivity contribution in [2.45, 2.75) is 6.54 Å². The number of hydrogen-bond donors (Lipinski definition) is 2. The summed E-state index contributed by atoms with van der Waals surface area (Å²) >= 11 is 0. The third kappa shape index (κ3) is 4.57. The number of hydrogen-bond acceptors (Lipinski definition) is 3. The molecule has 0 spiro atoms. The van der Waals surface area contributed by atoms with Crippen LogP contribution < -0.4 is 11.1 Å². The first-order valence-corrected chi connectivity index (χ1v) is 6.62. The molecule has 0 atom stereocenters. The maximum atomic E-state index is 13.5. The van der Waals surface area contributed by atoms with Crippen LogP contribution in [0.2, 0.25) is 0 Å². The molecule has 0 aliphatic rings. The Labute approximate surface area is 123 Å². The number of halogens is 1. The summed E-state index contributed by atoms with van der Waals surface area (Å²) in [6, 6.07) is 13.9. The molecular formula is C16H18FN3O. The van der Waals surface area contributed by atoms with E-state index in [4.69, 9.17) is 5.73 Å². The predicted molar refractivity (Wildman–Crippen MR) is 82.2 cm³/mol. The van der Waals surface area contributed by atoms with Crippen molar-refractivity contribution in [3.8, 4) is 0 Å². The largest absolute Gasteiger partial charge is 0.399 e. The molecule has 2 aromatic rings. The van der Waals surface area contributed by atoms with Crippen molar-refractivity contribution >= 4 is 17.3 Å². The van der Waals surface area contributed by atoms with Gasteiger partial charge >= 0.3 is 0 Å². The van der Waals surface area contributed by atoms with E-state index in [-0.39, 0.29) is 18.1 Å². The lowest BCUT2D eigenvalue weighted by Crippen LogP contribution is -2.30. The zero-order valence-corrected chi connectivity index (χ0v) is 11.8. The highest BCUT2D eigenvalue weighted by Gasteiger charge is 2.10. The van der Waals surface area contributed by atoms with E-state index < -0.39 is 5.82 Å². The molecule has 0 saturated carbocycles. The Bertz CT molecular complexity index is 616. The number of nitrogen functional groups attached to an aromatic ring is 1. The molecule has 0 aromatic heterocycles. The summed E-state index contributed by atoms with van der Waals surface area (Å²) in [5.41, 5.74) is 7.20. The highest BCUT2D eigenvalue weighted by Crippen LogP contribution is 2.17. The summed E-state index contributed by atoms with van der Waals surface area (Å²) in [5.74, 6) is -0.777. The summed E-state index contributed by atoms with van der Waals surface area (Å²) < 4.78 is 13.5. The monoisotopic (exact) mass is 287 g/mol. The Morgan fingerprint density at radius 2 is 1.95 bits per heavy atom. The van der Waals surface area contributed by atoms with Gasteiger partial charge in [0, 0.05) is 12.2 Å². The van der Waals surface area contributed by atoms with Crippen molar-refractivity contribution in [1.29, 1.82) is 0 Å². The van der Waals surface area contributed by atoms with Crippen molar-refractivity contribution in [2.75, 3.05) is 24.6 Å². The average molecular weight is 287 g/mol. The predicted octanol–water partition coefficient (Wildman–Crippen LogP) is 2.48. The van der Waals surface area contributed by atoms with Gasteiger partial charge in [-0.1, -0.05) is 30.3 Å². The quantitative estimate of drug-likeness (QED) is 0.831. The van der Waals surface area contributed by atoms with Gasteiger partial charge in [-0.25, -0.2) is 4.39 Å². The summed E-state index contributed by atoms with van der Waals surface area (Å²) in [6.45, 7) is 0.816. The standard InChI is InChI=1S/C16H18FN3O/c1-20(10-12-5-3-2-4-6-12)11-16(21)19-15-9-13(18)7-8-14(15)17/h2-9H,10-11,18H2,1H3,(H,19,21). The third-order valence-corrected chi connectivity index (χ3v) is 2.97. The van der Waals surface area contributed by atoms with Gasteiger partial charge in [-0.2, -0.15) is 0 Å². The second kappa shape index (κ2) is 6.85. The number of anilines is 2. The zero-order valence-electron chi connectivity index (χ0n) is 11.8. The Balaban J connectivity index is 1.91.